The van der Waals surface area contributed by atoms with E-state index in [1.165, 1.54) is 5.56 Å². The standard InChI is InChI=1S/C12H16N4/c1-16(7-4-13)9-10-2-3-11-12(8-10)15-6-5-14-11/h2-3,5-6,8H,4,7,9,13H2,1H3. The van der Waals surface area contributed by atoms with Crippen LogP contribution in [0.5, 0.6) is 0 Å². The maximum atomic E-state index is 5.51. The average molecular weight is 216 g/mol. The summed E-state index contributed by atoms with van der Waals surface area (Å²) in [7, 11) is 2.06. The zero-order chi connectivity index (χ0) is 11.4. The third kappa shape index (κ3) is 2.53. The Labute approximate surface area is 95.1 Å². The van der Waals surface area contributed by atoms with Gasteiger partial charge in [0.15, 0.2) is 0 Å². The van der Waals surface area contributed by atoms with Crippen molar-refractivity contribution in [2.24, 2.45) is 5.73 Å². The molecule has 0 aliphatic carbocycles. The first-order valence-corrected chi connectivity index (χ1v) is 5.38. The summed E-state index contributed by atoms with van der Waals surface area (Å²) in [6.45, 7) is 2.48. The van der Waals surface area contributed by atoms with Crippen LogP contribution in [0.15, 0.2) is 30.6 Å². The lowest BCUT2D eigenvalue weighted by molar-refractivity contribution is 0.336. The van der Waals surface area contributed by atoms with E-state index in [2.05, 4.69) is 34.0 Å². The number of fused-ring (bicyclic) bond motifs is 1. The second-order valence-electron chi connectivity index (χ2n) is 3.91. The lowest BCUT2D eigenvalue weighted by Crippen LogP contribution is -2.24. The number of aromatic nitrogens is 2. The van der Waals surface area contributed by atoms with E-state index in [4.69, 9.17) is 5.73 Å². The largest absolute Gasteiger partial charge is 0.329 e. The van der Waals surface area contributed by atoms with Crippen LogP contribution in [0.25, 0.3) is 11.0 Å². The molecule has 0 aliphatic heterocycles. The summed E-state index contributed by atoms with van der Waals surface area (Å²) >= 11 is 0. The molecule has 16 heavy (non-hydrogen) atoms. The summed E-state index contributed by atoms with van der Waals surface area (Å²) in [5.41, 5.74) is 8.63. The quantitative estimate of drug-likeness (QED) is 0.829. The molecule has 0 fully saturated rings. The van der Waals surface area contributed by atoms with Gasteiger partial charge in [-0.1, -0.05) is 6.07 Å². The van der Waals surface area contributed by atoms with Gasteiger partial charge in [-0.05, 0) is 24.7 Å². The number of likely N-dealkylation sites (N-methyl/N-ethyl adjacent to an activating group) is 1. The molecule has 84 valence electrons. The fraction of sp³-hybridized carbons (Fsp3) is 0.333. The SMILES string of the molecule is CN(CCN)Cc1ccc2nccnc2c1. The third-order valence-corrected chi connectivity index (χ3v) is 2.50. The molecule has 4 nitrogen and oxygen atoms in total. The first-order chi connectivity index (χ1) is 7.79. The van der Waals surface area contributed by atoms with Crippen molar-refractivity contribution in [1.29, 1.82) is 0 Å². The molecule has 0 saturated carbocycles. The first kappa shape index (κ1) is 11.0. The fourth-order valence-electron chi connectivity index (χ4n) is 1.72. The van der Waals surface area contributed by atoms with E-state index in [1.807, 2.05) is 6.07 Å². The molecule has 2 rings (SSSR count). The number of benzene rings is 1. The molecular formula is C12H16N4. The van der Waals surface area contributed by atoms with Crippen molar-refractivity contribution < 1.29 is 0 Å². The molecule has 0 aliphatic rings. The monoisotopic (exact) mass is 216 g/mol. The van der Waals surface area contributed by atoms with Crippen LogP contribution in [0.1, 0.15) is 5.56 Å². The van der Waals surface area contributed by atoms with Crippen LogP contribution in [0.4, 0.5) is 0 Å². The molecule has 2 aromatic rings. The molecule has 0 atom stereocenters. The summed E-state index contributed by atoms with van der Waals surface area (Å²) in [5, 5.41) is 0. The Balaban J connectivity index is 2.19. The third-order valence-electron chi connectivity index (χ3n) is 2.50. The Bertz CT molecular complexity index is 469. The molecule has 0 radical (unpaired) electrons. The number of nitrogens with two attached hydrogens (primary N) is 1. The Morgan fingerprint density at radius 1 is 1.19 bits per heavy atom. The van der Waals surface area contributed by atoms with Gasteiger partial charge in [-0.3, -0.25) is 9.97 Å². The number of nitrogens with zero attached hydrogens (tertiary/aromatic N) is 3. The van der Waals surface area contributed by atoms with Crippen molar-refractivity contribution >= 4 is 11.0 Å². The zero-order valence-corrected chi connectivity index (χ0v) is 9.43. The van der Waals surface area contributed by atoms with Gasteiger partial charge in [-0.2, -0.15) is 0 Å². The minimum absolute atomic E-state index is 0.684. The molecule has 1 heterocycles. The van der Waals surface area contributed by atoms with E-state index < -0.39 is 0 Å². The van der Waals surface area contributed by atoms with Gasteiger partial charge in [0.2, 0.25) is 0 Å². The molecule has 1 aromatic carbocycles. The van der Waals surface area contributed by atoms with Gasteiger partial charge < -0.3 is 10.6 Å². The highest BCUT2D eigenvalue weighted by molar-refractivity contribution is 5.74. The molecule has 4 heteroatoms. The average Bonchev–Trinajstić information content (AvgIpc) is 2.29. The zero-order valence-electron chi connectivity index (χ0n) is 9.43. The van der Waals surface area contributed by atoms with Crippen LogP contribution in [0.2, 0.25) is 0 Å². The van der Waals surface area contributed by atoms with E-state index in [0.29, 0.717) is 6.54 Å². The van der Waals surface area contributed by atoms with Crippen molar-refractivity contribution in [2.45, 2.75) is 6.54 Å². The van der Waals surface area contributed by atoms with Crippen molar-refractivity contribution in [2.75, 3.05) is 20.1 Å². The van der Waals surface area contributed by atoms with E-state index >= 15 is 0 Å². The Morgan fingerprint density at radius 2 is 1.94 bits per heavy atom. The van der Waals surface area contributed by atoms with Gasteiger partial charge >= 0.3 is 0 Å². The maximum Gasteiger partial charge on any atom is 0.0890 e. The van der Waals surface area contributed by atoms with E-state index in [9.17, 15) is 0 Å². The van der Waals surface area contributed by atoms with Gasteiger partial charge in [0.25, 0.3) is 0 Å². The highest BCUT2D eigenvalue weighted by Crippen LogP contribution is 2.11. The van der Waals surface area contributed by atoms with Crippen LogP contribution in [0.3, 0.4) is 0 Å². The van der Waals surface area contributed by atoms with Crippen LogP contribution < -0.4 is 5.73 Å². The maximum absolute atomic E-state index is 5.51. The first-order valence-electron chi connectivity index (χ1n) is 5.38. The predicted octanol–water partition coefficient (Wildman–Crippen LogP) is 1.02. The number of hydrogen-bond acceptors (Lipinski definition) is 4. The normalized spacial score (nSPS) is 11.2. The summed E-state index contributed by atoms with van der Waals surface area (Å²) in [5.74, 6) is 0. The number of hydrogen-bond donors (Lipinski definition) is 1. The minimum Gasteiger partial charge on any atom is -0.329 e. The predicted molar refractivity (Wildman–Crippen MR) is 64.9 cm³/mol. The molecule has 0 bridgehead atoms. The van der Waals surface area contributed by atoms with E-state index in [1.54, 1.807) is 12.4 Å². The lowest BCUT2D eigenvalue weighted by atomic mass is 10.2. The number of rotatable bonds is 4. The highest BCUT2D eigenvalue weighted by Gasteiger charge is 2.01. The molecule has 0 saturated heterocycles. The van der Waals surface area contributed by atoms with Gasteiger partial charge in [0, 0.05) is 32.0 Å². The second-order valence-corrected chi connectivity index (χ2v) is 3.91. The molecule has 2 N–H and O–H groups in total. The van der Waals surface area contributed by atoms with Gasteiger partial charge in [-0.25, -0.2) is 0 Å². The van der Waals surface area contributed by atoms with Crippen molar-refractivity contribution in [1.82, 2.24) is 14.9 Å². The fourth-order valence-corrected chi connectivity index (χ4v) is 1.72. The summed E-state index contributed by atoms with van der Waals surface area (Å²) in [6.07, 6.45) is 3.43. The Morgan fingerprint density at radius 3 is 2.69 bits per heavy atom. The summed E-state index contributed by atoms with van der Waals surface area (Å²) in [4.78, 5) is 10.7. The molecule has 0 amide bonds. The Kier molecular flexibility index (Phi) is 3.44. The molecule has 0 unspecified atom stereocenters. The van der Waals surface area contributed by atoms with Gasteiger partial charge in [0.05, 0.1) is 11.0 Å². The highest BCUT2D eigenvalue weighted by atomic mass is 15.1. The lowest BCUT2D eigenvalue weighted by Gasteiger charge is -2.15. The topological polar surface area (TPSA) is 55.0 Å². The van der Waals surface area contributed by atoms with Gasteiger partial charge in [0.1, 0.15) is 0 Å². The molecule has 1 aromatic heterocycles. The summed E-state index contributed by atoms with van der Waals surface area (Å²) < 4.78 is 0. The smallest absolute Gasteiger partial charge is 0.0890 e. The minimum atomic E-state index is 0.684. The summed E-state index contributed by atoms with van der Waals surface area (Å²) in [6, 6.07) is 6.17. The van der Waals surface area contributed by atoms with E-state index in [-0.39, 0.29) is 0 Å². The van der Waals surface area contributed by atoms with Crippen LogP contribution >= 0.6 is 0 Å². The van der Waals surface area contributed by atoms with Crippen molar-refractivity contribution in [3.8, 4) is 0 Å². The van der Waals surface area contributed by atoms with Crippen molar-refractivity contribution in [3.63, 3.8) is 0 Å². The molecular weight excluding hydrogens is 200 g/mol. The van der Waals surface area contributed by atoms with Gasteiger partial charge in [-0.15, -0.1) is 0 Å². The van der Waals surface area contributed by atoms with Crippen LogP contribution in [-0.2, 0) is 6.54 Å². The Hall–Kier alpha value is -1.52. The molecule has 0 spiro atoms. The van der Waals surface area contributed by atoms with Crippen LogP contribution in [-0.4, -0.2) is 35.0 Å². The van der Waals surface area contributed by atoms with Crippen molar-refractivity contribution in [3.05, 3.63) is 36.2 Å². The second kappa shape index (κ2) is 5.01. The van der Waals surface area contributed by atoms with Crippen LogP contribution in [0, 0.1) is 0 Å². The van der Waals surface area contributed by atoms with E-state index in [0.717, 1.165) is 24.1 Å².